The molecule has 0 aliphatic carbocycles. The highest BCUT2D eigenvalue weighted by Gasteiger charge is 2.15. The van der Waals surface area contributed by atoms with Crippen molar-refractivity contribution in [2.45, 2.75) is 33.2 Å². The highest BCUT2D eigenvalue weighted by atomic mass is 32.1. The van der Waals surface area contributed by atoms with Crippen LogP contribution < -0.4 is 10.9 Å². The Morgan fingerprint density at radius 2 is 1.80 bits per heavy atom. The van der Waals surface area contributed by atoms with E-state index in [1.807, 2.05) is 48.7 Å². The largest absolute Gasteiger partial charge is 0.325 e. The second-order valence-electron chi connectivity index (χ2n) is 7.70. The van der Waals surface area contributed by atoms with Gasteiger partial charge < -0.3 is 5.32 Å². The third-order valence-electron chi connectivity index (χ3n) is 5.10. The van der Waals surface area contributed by atoms with Gasteiger partial charge in [-0.3, -0.25) is 14.2 Å². The van der Waals surface area contributed by atoms with Crippen LogP contribution in [0.4, 0.5) is 5.69 Å². The number of nitrogens with one attached hydrogen (secondary N) is 1. The Hall–Kier alpha value is -3.25. The number of aryl methyl sites for hydroxylation is 1. The lowest BCUT2D eigenvalue weighted by molar-refractivity contribution is -0.116. The Balaban J connectivity index is 1.63. The maximum Gasteiger partial charge on any atom is 0.263 e. The molecule has 0 radical (unpaired) electrons. The van der Waals surface area contributed by atoms with Gasteiger partial charge in [-0.1, -0.05) is 55.8 Å². The minimum Gasteiger partial charge on any atom is -0.325 e. The predicted octanol–water partition coefficient (Wildman–Crippen LogP) is 5.20. The molecule has 0 spiro atoms. The molecule has 0 aliphatic heterocycles. The number of carbonyl (C=O) groups is 1. The first-order valence-electron chi connectivity index (χ1n) is 9.86. The van der Waals surface area contributed by atoms with Crippen LogP contribution in [0.5, 0.6) is 0 Å². The van der Waals surface area contributed by atoms with Crippen molar-refractivity contribution >= 4 is 33.1 Å². The summed E-state index contributed by atoms with van der Waals surface area (Å²) in [6, 6.07) is 15.8. The summed E-state index contributed by atoms with van der Waals surface area (Å²) in [6.45, 7) is 6.20. The molecule has 2 aromatic carbocycles. The predicted molar refractivity (Wildman–Crippen MR) is 123 cm³/mol. The number of hydrogen-bond donors (Lipinski definition) is 1. The number of nitrogens with zero attached hydrogens (tertiary/aromatic N) is 2. The number of benzene rings is 2. The zero-order chi connectivity index (χ0) is 21.3. The summed E-state index contributed by atoms with van der Waals surface area (Å²) < 4.78 is 1.37. The molecule has 0 saturated carbocycles. The van der Waals surface area contributed by atoms with Crippen LogP contribution in [0.3, 0.4) is 0 Å². The van der Waals surface area contributed by atoms with E-state index in [-0.39, 0.29) is 18.0 Å². The Bertz CT molecular complexity index is 1250. The molecule has 152 valence electrons. The fourth-order valence-corrected chi connectivity index (χ4v) is 4.24. The number of anilines is 1. The molecular formula is C24H23N3O2S. The van der Waals surface area contributed by atoms with Crippen molar-refractivity contribution in [3.05, 3.63) is 81.7 Å². The maximum atomic E-state index is 13.1. The van der Waals surface area contributed by atoms with E-state index < -0.39 is 0 Å². The zero-order valence-electron chi connectivity index (χ0n) is 17.2. The minimum atomic E-state index is -0.264. The number of thiophene rings is 1. The number of aromatic nitrogens is 2. The van der Waals surface area contributed by atoms with Crippen molar-refractivity contribution in [2.75, 3.05) is 5.32 Å². The summed E-state index contributed by atoms with van der Waals surface area (Å²) in [7, 11) is 0. The van der Waals surface area contributed by atoms with Crippen molar-refractivity contribution in [1.29, 1.82) is 0 Å². The third kappa shape index (κ3) is 4.04. The Morgan fingerprint density at radius 1 is 1.10 bits per heavy atom. The molecule has 6 heteroatoms. The van der Waals surface area contributed by atoms with Crippen LogP contribution in [0.2, 0.25) is 0 Å². The molecule has 5 nitrogen and oxygen atoms in total. The first-order valence-corrected chi connectivity index (χ1v) is 10.7. The molecule has 0 saturated heterocycles. The lowest BCUT2D eigenvalue weighted by Crippen LogP contribution is -2.27. The Kier molecular flexibility index (Phi) is 5.50. The molecule has 0 fully saturated rings. The summed E-state index contributed by atoms with van der Waals surface area (Å²) in [5, 5.41) is 5.34. The van der Waals surface area contributed by atoms with E-state index in [1.165, 1.54) is 27.8 Å². The topological polar surface area (TPSA) is 64.0 Å². The number of fused-ring (bicyclic) bond motifs is 1. The molecule has 1 amide bonds. The van der Waals surface area contributed by atoms with Gasteiger partial charge in [-0.25, -0.2) is 4.98 Å². The first kappa shape index (κ1) is 20.0. The van der Waals surface area contributed by atoms with Crippen LogP contribution in [-0.4, -0.2) is 15.5 Å². The van der Waals surface area contributed by atoms with Gasteiger partial charge in [-0.05, 0) is 36.1 Å². The lowest BCUT2D eigenvalue weighted by Gasteiger charge is -2.09. The Morgan fingerprint density at radius 3 is 2.47 bits per heavy atom. The maximum absolute atomic E-state index is 13.1. The quantitative estimate of drug-likeness (QED) is 0.486. The van der Waals surface area contributed by atoms with Gasteiger partial charge in [0.05, 0.1) is 11.7 Å². The van der Waals surface area contributed by atoms with Crippen molar-refractivity contribution < 1.29 is 4.79 Å². The summed E-state index contributed by atoms with van der Waals surface area (Å²) >= 11 is 1.44. The van der Waals surface area contributed by atoms with E-state index in [2.05, 4.69) is 36.3 Å². The molecular weight excluding hydrogens is 394 g/mol. The fourth-order valence-electron chi connectivity index (χ4n) is 3.33. The number of amides is 1. The molecule has 4 rings (SSSR count). The molecule has 2 heterocycles. The first-order chi connectivity index (χ1) is 14.4. The monoisotopic (exact) mass is 417 g/mol. The van der Waals surface area contributed by atoms with Gasteiger partial charge in [-0.2, -0.15) is 0 Å². The number of rotatable bonds is 5. The SMILES string of the molecule is Cc1ccc(NC(=O)Cn2cnc3scc(-c4ccc(C(C)C)cc4)c3c2=O)cc1. The lowest BCUT2D eigenvalue weighted by atomic mass is 9.99. The van der Waals surface area contributed by atoms with E-state index >= 15 is 0 Å². The molecule has 0 aliphatic rings. The van der Waals surface area contributed by atoms with Gasteiger partial charge in [0.25, 0.3) is 5.56 Å². The second-order valence-corrected chi connectivity index (χ2v) is 8.56. The van der Waals surface area contributed by atoms with Gasteiger partial charge in [0.2, 0.25) is 5.91 Å². The average molecular weight is 418 g/mol. The summed E-state index contributed by atoms with van der Waals surface area (Å²) in [4.78, 5) is 30.7. The normalized spacial score (nSPS) is 11.2. The van der Waals surface area contributed by atoms with Crippen LogP contribution in [0.15, 0.2) is 65.0 Å². The van der Waals surface area contributed by atoms with Gasteiger partial charge in [-0.15, -0.1) is 11.3 Å². The molecule has 1 N–H and O–H groups in total. The van der Waals surface area contributed by atoms with Crippen molar-refractivity contribution in [2.24, 2.45) is 0 Å². The standard InChI is InChI=1S/C24H23N3O2S/c1-15(2)17-6-8-18(9-7-17)20-13-30-23-22(20)24(29)27(14-25-23)12-21(28)26-19-10-4-16(3)5-11-19/h4-11,13-15H,12H2,1-3H3,(H,26,28). The van der Waals surface area contributed by atoms with Crippen LogP contribution in [0, 0.1) is 6.92 Å². The summed E-state index contributed by atoms with van der Waals surface area (Å²) in [5.41, 5.74) is 4.70. The van der Waals surface area contributed by atoms with Crippen molar-refractivity contribution in [3.8, 4) is 11.1 Å². The van der Waals surface area contributed by atoms with Crippen molar-refractivity contribution in [1.82, 2.24) is 9.55 Å². The molecule has 0 unspecified atom stereocenters. The van der Waals surface area contributed by atoms with E-state index in [0.29, 0.717) is 21.8 Å². The van der Waals surface area contributed by atoms with E-state index in [1.54, 1.807) is 0 Å². The number of carbonyl (C=O) groups excluding carboxylic acids is 1. The second kappa shape index (κ2) is 8.24. The van der Waals surface area contributed by atoms with E-state index in [0.717, 1.165) is 16.7 Å². The minimum absolute atomic E-state index is 0.0861. The fraction of sp³-hybridized carbons (Fsp3) is 0.208. The average Bonchev–Trinajstić information content (AvgIpc) is 3.17. The summed E-state index contributed by atoms with van der Waals surface area (Å²) in [6.07, 6.45) is 1.45. The van der Waals surface area contributed by atoms with Crippen LogP contribution in [0.1, 0.15) is 30.9 Å². The van der Waals surface area contributed by atoms with Crippen LogP contribution in [-0.2, 0) is 11.3 Å². The zero-order valence-corrected chi connectivity index (χ0v) is 18.0. The van der Waals surface area contributed by atoms with Gasteiger partial charge in [0, 0.05) is 16.6 Å². The molecule has 4 aromatic rings. The molecule has 0 atom stereocenters. The van der Waals surface area contributed by atoms with Crippen molar-refractivity contribution in [3.63, 3.8) is 0 Å². The van der Waals surface area contributed by atoms with Crippen LogP contribution >= 0.6 is 11.3 Å². The van der Waals surface area contributed by atoms with E-state index in [9.17, 15) is 9.59 Å². The van der Waals surface area contributed by atoms with Gasteiger partial charge in [0.1, 0.15) is 11.4 Å². The molecule has 0 bridgehead atoms. The van der Waals surface area contributed by atoms with Gasteiger partial charge >= 0.3 is 0 Å². The third-order valence-corrected chi connectivity index (χ3v) is 5.98. The van der Waals surface area contributed by atoms with Crippen LogP contribution in [0.25, 0.3) is 21.3 Å². The van der Waals surface area contributed by atoms with E-state index in [4.69, 9.17) is 0 Å². The van der Waals surface area contributed by atoms with Gasteiger partial charge in [0.15, 0.2) is 0 Å². The number of hydrogen-bond acceptors (Lipinski definition) is 4. The highest BCUT2D eigenvalue weighted by molar-refractivity contribution is 7.17. The smallest absolute Gasteiger partial charge is 0.263 e. The molecule has 2 aromatic heterocycles. The molecule has 30 heavy (non-hydrogen) atoms. The highest BCUT2D eigenvalue weighted by Crippen LogP contribution is 2.31. The Labute approximate surface area is 179 Å². The summed E-state index contributed by atoms with van der Waals surface area (Å²) in [5.74, 6) is 0.185.